The first-order chi connectivity index (χ1) is 26.6. The van der Waals surface area contributed by atoms with Crippen molar-refractivity contribution in [1.29, 1.82) is 0 Å². The van der Waals surface area contributed by atoms with E-state index < -0.39 is 0 Å². The number of benzene rings is 7. The molecular formula is C51H43BN2. The summed E-state index contributed by atoms with van der Waals surface area (Å²) in [5.41, 5.74) is 21.3. The second-order valence-corrected chi connectivity index (χ2v) is 16.3. The van der Waals surface area contributed by atoms with Crippen LogP contribution in [0.2, 0.25) is 0 Å². The summed E-state index contributed by atoms with van der Waals surface area (Å²) >= 11 is 0. The fraction of sp³-hybridized carbons (Fsp3) is 0.176. The molecule has 0 aromatic heterocycles. The fourth-order valence-corrected chi connectivity index (χ4v) is 10.4. The molecule has 2 nitrogen and oxygen atoms in total. The molecule has 0 radical (unpaired) electrons. The highest BCUT2D eigenvalue weighted by molar-refractivity contribution is 7.00. The Kier molecular flexibility index (Phi) is 7.11. The van der Waals surface area contributed by atoms with Gasteiger partial charge < -0.3 is 9.80 Å². The third kappa shape index (κ3) is 4.67. The standard InChI is InChI=1S/C51H43BN2/c1-51(2)42-20-10-9-19-40(42)41-30-27-36(31-43(41)51)35-25-28-39(29-26-35)54-47-24-14-12-22-45(47)52-44-21-11-13-23-46(44)53(38-17-7-4-8-18-38)48-32-37(33-49(54)50(48)52)34-15-5-3-6-16-34/h4,7-14,17-34H,3,5-6,15-16H2,1-2H3. The van der Waals surface area contributed by atoms with Crippen LogP contribution in [0.4, 0.5) is 34.1 Å². The van der Waals surface area contributed by atoms with E-state index in [9.17, 15) is 0 Å². The number of anilines is 6. The quantitative estimate of drug-likeness (QED) is 0.169. The predicted molar refractivity (Wildman–Crippen MR) is 229 cm³/mol. The van der Waals surface area contributed by atoms with Gasteiger partial charge in [-0.25, -0.2) is 0 Å². The minimum Gasteiger partial charge on any atom is -0.311 e. The molecule has 0 unspecified atom stereocenters. The van der Waals surface area contributed by atoms with Crippen molar-refractivity contribution in [2.24, 2.45) is 0 Å². The molecule has 2 heterocycles. The highest BCUT2D eigenvalue weighted by atomic mass is 15.2. The van der Waals surface area contributed by atoms with E-state index in [4.69, 9.17) is 0 Å². The molecule has 0 atom stereocenters. The average molecular weight is 695 g/mol. The molecule has 4 aliphatic rings. The van der Waals surface area contributed by atoms with Gasteiger partial charge in [0.15, 0.2) is 0 Å². The molecule has 1 saturated carbocycles. The third-order valence-electron chi connectivity index (χ3n) is 13.0. The molecule has 0 amide bonds. The Morgan fingerprint density at radius 3 is 1.72 bits per heavy atom. The zero-order valence-electron chi connectivity index (χ0n) is 31.1. The molecule has 7 aromatic rings. The molecule has 0 spiro atoms. The number of para-hydroxylation sites is 3. The van der Waals surface area contributed by atoms with Gasteiger partial charge in [0.1, 0.15) is 0 Å². The van der Waals surface area contributed by atoms with E-state index in [1.807, 2.05) is 0 Å². The van der Waals surface area contributed by atoms with Crippen molar-refractivity contribution in [3.8, 4) is 22.3 Å². The SMILES string of the molecule is CC1(C)c2ccccc2-c2ccc(-c3ccc(N4c5ccccc5B5c6ccccc6N(c6ccccc6)c6cc(C7CCCCC7)cc4c65)cc3)cc21. The molecule has 7 aromatic carbocycles. The Morgan fingerprint density at radius 2 is 1.04 bits per heavy atom. The molecule has 54 heavy (non-hydrogen) atoms. The van der Waals surface area contributed by atoms with Crippen LogP contribution in [0, 0.1) is 0 Å². The minimum absolute atomic E-state index is 0.0232. The molecule has 1 fully saturated rings. The zero-order chi connectivity index (χ0) is 36.0. The number of rotatable bonds is 4. The van der Waals surface area contributed by atoms with Gasteiger partial charge >= 0.3 is 0 Å². The first-order valence-electron chi connectivity index (χ1n) is 19.9. The van der Waals surface area contributed by atoms with Crippen LogP contribution in [0.15, 0.2) is 158 Å². The summed E-state index contributed by atoms with van der Waals surface area (Å²) < 4.78 is 0. The summed E-state index contributed by atoms with van der Waals surface area (Å²) in [6.07, 6.45) is 6.49. The van der Waals surface area contributed by atoms with Crippen molar-refractivity contribution < 1.29 is 0 Å². The molecule has 0 bridgehead atoms. The number of hydrogen-bond acceptors (Lipinski definition) is 2. The van der Waals surface area contributed by atoms with Gasteiger partial charge in [0.2, 0.25) is 0 Å². The largest absolute Gasteiger partial charge is 0.311 e. The van der Waals surface area contributed by atoms with E-state index in [0.717, 1.165) is 0 Å². The summed E-state index contributed by atoms with van der Waals surface area (Å²) in [6.45, 7) is 4.88. The van der Waals surface area contributed by atoms with Crippen LogP contribution in [0.1, 0.15) is 68.6 Å². The summed E-state index contributed by atoms with van der Waals surface area (Å²) in [5.74, 6) is 0.574. The molecule has 2 aliphatic carbocycles. The Bertz CT molecular complexity index is 2580. The van der Waals surface area contributed by atoms with Gasteiger partial charge in [0, 0.05) is 39.5 Å². The van der Waals surface area contributed by atoms with Crippen LogP contribution >= 0.6 is 0 Å². The summed E-state index contributed by atoms with van der Waals surface area (Å²) in [4.78, 5) is 5.11. The Hall–Kier alpha value is -5.80. The van der Waals surface area contributed by atoms with Crippen molar-refractivity contribution in [1.82, 2.24) is 0 Å². The lowest BCUT2D eigenvalue weighted by molar-refractivity contribution is 0.444. The van der Waals surface area contributed by atoms with E-state index in [0.29, 0.717) is 5.92 Å². The molecule has 3 heteroatoms. The van der Waals surface area contributed by atoms with Gasteiger partial charge in [-0.15, -0.1) is 0 Å². The van der Waals surface area contributed by atoms with Crippen molar-refractivity contribution in [3.63, 3.8) is 0 Å². The maximum atomic E-state index is 2.57. The molecule has 0 saturated heterocycles. The fourth-order valence-electron chi connectivity index (χ4n) is 10.4. The Labute approximate surface area is 319 Å². The normalized spacial score (nSPS) is 16.3. The third-order valence-corrected chi connectivity index (χ3v) is 13.0. The number of nitrogens with zero attached hydrogens (tertiary/aromatic N) is 2. The van der Waals surface area contributed by atoms with E-state index in [2.05, 4.69) is 181 Å². The van der Waals surface area contributed by atoms with Crippen LogP contribution in [-0.2, 0) is 5.41 Å². The molecule has 11 rings (SSSR count). The minimum atomic E-state index is -0.0232. The van der Waals surface area contributed by atoms with Crippen molar-refractivity contribution in [2.45, 2.75) is 57.3 Å². The van der Waals surface area contributed by atoms with Gasteiger partial charge in [-0.05, 0) is 129 Å². The monoisotopic (exact) mass is 694 g/mol. The second kappa shape index (κ2) is 12.1. The highest BCUT2D eigenvalue weighted by Crippen LogP contribution is 2.50. The van der Waals surface area contributed by atoms with Crippen molar-refractivity contribution in [3.05, 3.63) is 174 Å². The summed E-state index contributed by atoms with van der Waals surface area (Å²) in [5, 5.41) is 0. The first kappa shape index (κ1) is 31.7. The summed E-state index contributed by atoms with van der Waals surface area (Å²) in [7, 11) is 0. The van der Waals surface area contributed by atoms with Crippen LogP contribution in [0.3, 0.4) is 0 Å². The number of fused-ring (bicyclic) bond motifs is 7. The van der Waals surface area contributed by atoms with Crippen LogP contribution < -0.4 is 26.2 Å². The lowest BCUT2D eigenvalue weighted by Gasteiger charge is -2.44. The smallest absolute Gasteiger partial charge is 0.252 e. The Morgan fingerprint density at radius 1 is 0.481 bits per heavy atom. The molecule has 260 valence electrons. The van der Waals surface area contributed by atoms with Crippen LogP contribution in [-0.4, -0.2) is 6.71 Å². The van der Waals surface area contributed by atoms with Crippen molar-refractivity contribution >= 4 is 57.2 Å². The molecule has 0 N–H and O–H groups in total. The highest BCUT2D eigenvalue weighted by Gasteiger charge is 2.43. The maximum Gasteiger partial charge on any atom is 0.252 e. The van der Waals surface area contributed by atoms with E-state index in [-0.39, 0.29) is 12.1 Å². The second-order valence-electron chi connectivity index (χ2n) is 16.3. The lowest BCUT2D eigenvalue weighted by Crippen LogP contribution is -2.61. The topological polar surface area (TPSA) is 6.48 Å². The van der Waals surface area contributed by atoms with Gasteiger partial charge in [0.25, 0.3) is 6.71 Å². The average Bonchev–Trinajstić information content (AvgIpc) is 3.46. The number of hydrogen-bond donors (Lipinski definition) is 0. The van der Waals surface area contributed by atoms with E-state index in [1.54, 1.807) is 0 Å². The van der Waals surface area contributed by atoms with Crippen molar-refractivity contribution in [2.75, 3.05) is 9.80 Å². The van der Waals surface area contributed by atoms with E-state index in [1.165, 1.54) is 122 Å². The van der Waals surface area contributed by atoms with Gasteiger partial charge in [-0.1, -0.05) is 136 Å². The van der Waals surface area contributed by atoms with Gasteiger partial charge in [0.05, 0.1) is 0 Å². The zero-order valence-corrected chi connectivity index (χ0v) is 31.1. The molecular weight excluding hydrogens is 651 g/mol. The lowest BCUT2D eigenvalue weighted by atomic mass is 9.33. The van der Waals surface area contributed by atoms with Crippen LogP contribution in [0.5, 0.6) is 0 Å². The first-order valence-corrected chi connectivity index (χ1v) is 19.9. The van der Waals surface area contributed by atoms with Gasteiger partial charge in [-0.3, -0.25) is 0 Å². The predicted octanol–water partition coefficient (Wildman–Crippen LogP) is 11.8. The van der Waals surface area contributed by atoms with Gasteiger partial charge in [-0.2, -0.15) is 0 Å². The van der Waals surface area contributed by atoms with Crippen LogP contribution in [0.25, 0.3) is 22.3 Å². The summed E-state index contributed by atoms with van der Waals surface area (Å²) in [6, 6.07) is 59.8. The molecule has 2 aliphatic heterocycles. The Balaban J connectivity index is 1.09. The maximum absolute atomic E-state index is 2.57. The van der Waals surface area contributed by atoms with E-state index >= 15 is 0 Å².